The maximum atomic E-state index is 14.1. The van der Waals surface area contributed by atoms with Gasteiger partial charge in [0.1, 0.15) is 23.0 Å². The van der Waals surface area contributed by atoms with Gasteiger partial charge in [0, 0.05) is 11.1 Å². The Labute approximate surface area is 235 Å². The summed E-state index contributed by atoms with van der Waals surface area (Å²) in [7, 11) is 0. The van der Waals surface area contributed by atoms with E-state index in [0.717, 1.165) is 12.0 Å². The van der Waals surface area contributed by atoms with Crippen LogP contribution in [-0.2, 0) is 4.79 Å². The topological polar surface area (TPSA) is 136 Å². The fourth-order valence-electron chi connectivity index (χ4n) is 5.14. The van der Waals surface area contributed by atoms with Gasteiger partial charge >= 0.3 is 0 Å². The zero-order valence-electron chi connectivity index (χ0n) is 24.2. The van der Waals surface area contributed by atoms with Gasteiger partial charge in [-0.25, -0.2) is 4.39 Å². The van der Waals surface area contributed by atoms with Gasteiger partial charge in [-0.2, -0.15) is 5.53 Å². The van der Waals surface area contributed by atoms with Crippen LogP contribution in [-0.4, -0.2) is 40.5 Å². The number of carbonyl (C=O) groups excluding carboxylic acids is 2. The number of benzene rings is 2. The smallest absolute Gasteiger partial charge is 0.275 e. The number of aliphatic imine (C=N–C) groups is 1. The van der Waals surface area contributed by atoms with Crippen molar-refractivity contribution < 1.29 is 14.0 Å². The summed E-state index contributed by atoms with van der Waals surface area (Å²) in [6.07, 6.45) is 2.16. The van der Waals surface area contributed by atoms with Crippen molar-refractivity contribution in [2.45, 2.75) is 72.5 Å². The minimum Gasteiger partial charge on any atom is -0.384 e. The predicted octanol–water partition coefficient (Wildman–Crippen LogP) is 5.82. The molecule has 0 saturated heterocycles. The first-order valence-corrected chi connectivity index (χ1v) is 13.5. The third-order valence-corrected chi connectivity index (χ3v) is 6.83. The molecule has 2 unspecified atom stereocenters. The molecule has 0 spiro atoms. The van der Waals surface area contributed by atoms with Crippen LogP contribution in [0.2, 0.25) is 0 Å². The van der Waals surface area contributed by atoms with Crippen LogP contribution >= 0.6 is 0 Å². The molecule has 0 fully saturated rings. The Hall–Kier alpha value is -3.95. The summed E-state index contributed by atoms with van der Waals surface area (Å²) in [6.45, 7) is 12.6. The van der Waals surface area contributed by atoms with E-state index in [0.29, 0.717) is 24.0 Å². The zero-order chi connectivity index (χ0) is 29.7. The molecule has 1 aliphatic rings. The van der Waals surface area contributed by atoms with Crippen LogP contribution in [0.3, 0.4) is 0 Å². The van der Waals surface area contributed by atoms with Gasteiger partial charge in [-0.3, -0.25) is 14.6 Å². The monoisotopic (exact) mass is 549 g/mol. The van der Waals surface area contributed by atoms with E-state index >= 15 is 0 Å². The van der Waals surface area contributed by atoms with E-state index in [9.17, 15) is 14.0 Å². The largest absolute Gasteiger partial charge is 0.384 e. The second kappa shape index (κ2) is 12.5. The Morgan fingerprint density at radius 3 is 2.45 bits per heavy atom. The van der Waals surface area contributed by atoms with Crippen LogP contribution in [0.1, 0.15) is 88.3 Å². The fraction of sp³-hybridized carbons (Fsp3) is 0.467. The molecule has 9 nitrogen and oxygen atoms in total. The highest BCUT2D eigenvalue weighted by atomic mass is 19.1. The van der Waals surface area contributed by atoms with Crippen molar-refractivity contribution in [3.8, 4) is 0 Å². The zero-order valence-corrected chi connectivity index (χ0v) is 24.2. The summed E-state index contributed by atoms with van der Waals surface area (Å²) >= 11 is 0. The second-order valence-corrected chi connectivity index (χ2v) is 12.1. The molecule has 1 heterocycles. The van der Waals surface area contributed by atoms with Gasteiger partial charge in [0.25, 0.3) is 11.8 Å². The van der Waals surface area contributed by atoms with E-state index < -0.39 is 11.5 Å². The maximum Gasteiger partial charge on any atom is 0.275 e. The molecule has 214 valence electrons. The molecule has 2 aromatic rings. The Morgan fingerprint density at radius 1 is 1.20 bits per heavy atom. The second-order valence-electron chi connectivity index (χ2n) is 12.1. The molecule has 0 bridgehead atoms. The highest BCUT2D eigenvalue weighted by molar-refractivity contribution is 6.46. The first-order valence-electron chi connectivity index (χ1n) is 13.5. The van der Waals surface area contributed by atoms with Crippen LogP contribution in [0, 0.1) is 22.7 Å². The van der Waals surface area contributed by atoms with E-state index in [-0.39, 0.29) is 47.3 Å². The first kappa shape index (κ1) is 30.6. The van der Waals surface area contributed by atoms with Gasteiger partial charge in [-0.15, -0.1) is 5.10 Å². The lowest BCUT2D eigenvalue weighted by atomic mass is 9.85. The van der Waals surface area contributed by atoms with Crippen molar-refractivity contribution in [2.75, 3.05) is 6.54 Å². The molecule has 0 aliphatic carbocycles. The van der Waals surface area contributed by atoms with Gasteiger partial charge in [0.2, 0.25) is 0 Å². The molecular weight excluding hydrogens is 509 g/mol. The summed E-state index contributed by atoms with van der Waals surface area (Å²) in [6, 6.07) is 12.8. The highest BCUT2D eigenvalue weighted by Gasteiger charge is 2.48. The number of nitrogens with two attached hydrogens (primary N) is 1. The molecular formula is C30H40FN7O2. The van der Waals surface area contributed by atoms with Crippen LogP contribution in [0.5, 0.6) is 0 Å². The molecule has 0 aromatic heterocycles. The normalized spacial score (nSPS) is 18.6. The molecule has 0 saturated carbocycles. The maximum absolute atomic E-state index is 14.1. The number of nitrogens with one attached hydrogen (secondary N) is 2. The quantitative estimate of drug-likeness (QED) is 0.141. The van der Waals surface area contributed by atoms with Crippen molar-refractivity contribution in [2.24, 2.45) is 32.4 Å². The van der Waals surface area contributed by atoms with Crippen LogP contribution in [0.25, 0.3) is 0 Å². The van der Waals surface area contributed by atoms with Gasteiger partial charge in [0.15, 0.2) is 0 Å². The fourth-order valence-corrected chi connectivity index (χ4v) is 5.14. The number of amides is 2. The van der Waals surface area contributed by atoms with Gasteiger partial charge in [-0.1, -0.05) is 64.1 Å². The standard InChI is InChI=1S/C30H40FN7O2/c1-19(2)17-30(6)35-26(22-8-7-9-23(31)16-22)28(40)38(30)24(14-15-29(3,4)5)20-10-12-21(13-11-20)27(39)34-18-25(32)36-37-33/h7-13,16,19,24H,14-15,17-18H2,1-6H3,(H,34,39)(H3,32,33,36). The number of halogens is 1. The number of hydrogen-bond donors (Lipinski definition) is 3. The van der Waals surface area contributed by atoms with E-state index in [2.05, 4.69) is 50.3 Å². The van der Waals surface area contributed by atoms with Crippen molar-refractivity contribution in [3.05, 3.63) is 71.0 Å². The molecule has 10 heteroatoms. The van der Waals surface area contributed by atoms with Crippen molar-refractivity contribution >= 4 is 23.4 Å². The van der Waals surface area contributed by atoms with Crippen LogP contribution in [0.15, 0.2) is 63.8 Å². The summed E-state index contributed by atoms with van der Waals surface area (Å²) in [5.74, 6) is -0.724. The minimum absolute atomic E-state index is 0.0216. The van der Waals surface area contributed by atoms with Gasteiger partial charge < -0.3 is 16.0 Å². The van der Waals surface area contributed by atoms with Crippen molar-refractivity contribution in [1.82, 2.24) is 10.2 Å². The SMILES string of the molecule is CC(C)CC1(C)N=C(c2cccc(F)c2)C(=O)N1C(CCC(C)(C)C)c1ccc(C(=O)NCC(N)=NN=N)cc1. The molecule has 3 rings (SSSR count). The molecule has 4 N–H and O–H groups in total. The Morgan fingerprint density at radius 2 is 1.88 bits per heavy atom. The lowest BCUT2D eigenvalue weighted by Gasteiger charge is -2.41. The van der Waals surface area contributed by atoms with E-state index in [1.807, 2.05) is 24.0 Å². The molecule has 2 amide bonds. The van der Waals surface area contributed by atoms with Gasteiger partial charge in [0.05, 0.1) is 12.6 Å². The highest BCUT2D eigenvalue weighted by Crippen LogP contribution is 2.42. The predicted molar refractivity (Wildman–Crippen MR) is 155 cm³/mol. The van der Waals surface area contributed by atoms with E-state index in [4.69, 9.17) is 16.3 Å². The van der Waals surface area contributed by atoms with E-state index in [1.54, 1.807) is 24.3 Å². The number of hydrogen-bond acceptors (Lipinski definition) is 5. The van der Waals surface area contributed by atoms with Crippen LogP contribution in [0.4, 0.5) is 4.39 Å². The Balaban J connectivity index is 2.00. The first-order chi connectivity index (χ1) is 18.7. The molecule has 1 aliphatic heterocycles. The Bertz CT molecular complexity index is 1300. The summed E-state index contributed by atoms with van der Waals surface area (Å²) in [4.78, 5) is 33.5. The number of nitrogens with zero attached hydrogens (tertiary/aromatic N) is 4. The minimum atomic E-state index is -0.828. The average Bonchev–Trinajstić information content (AvgIpc) is 3.12. The lowest BCUT2D eigenvalue weighted by molar-refractivity contribution is -0.131. The number of amidine groups is 1. The van der Waals surface area contributed by atoms with Crippen LogP contribution < -0.4 is 11.1 Å². The van der Waals surface area contributed by atoms with E-state index in [1.165, 1.54) is 12.1 Å². The summed E-state index contributed by atoms with van der Waals surface area (Å²) in [5.41, 5.74) is 13.6. The average molecular weight is 550 g/mol. The molecule has 2 aromatic carbocycles. The third kappa shape index (κ3) is 7.58. The van der Waals surface area contributed by atoms with Crippen molar-refractivity contribution in [3.63, 3.8) is 0 Å². The number of rotatable bonds is 11. The van der Waals surface area contributed by atoms with Gasteiger partial charge in [-0.05, 0) is 67.3 Å². The number of carbonyl (C=O) groups is 2. The molecule has 0 radical (unpaired) electrons. The summed E-state index contributed by atoms with van der Waals surface area (Å²) in [5, 5.41) is 8.89. The van der Waals surface area contributed by atoms with Crippen molar-refractivity contribution in [1.29, 1.82) is 5.53 Å². The third-order valence-electron chi connectivity index (χ3n) is 6.83. The molecule has 40 heavy (non-hydrogen) atoms. The summed E-state index contributed by atoms with van der Waals surface area (Å²) < 4.78 is 14.1. The Kier molecular flexibility index (Phi) is 9.55. The lowest BCUT2D eigenvalue weighted by Crippen LogP contribution is -2.48. The molecule has 2 atom stereocenters.